The monoisotopic (exact) mass is 280 g/mol. The largest absolute Gasteiger partial charge is 0.310 e. The van der Waals surface area contributed by atoms with Gasteiger partial charge in [-0.2, -0.15) is 0 Å². The Labute approximate surface area is 127 Å². The number of pyridine rings is 1. The first-order chi connectivity index (χ1) is 10.4. The van der Waals surface area contributed by atoms with Gasteiger partial charge in [0.05, 0.1) is 0 Å². The summed E-state index contributed by atoms with van der Waals surface area (Å²) < 4.78 is 0. The van der Waals surface area contributed by atoms with E-state index in [1.54, 1.807) is 5.56 Å². The molecule has 3 rings (SSSR count). The van der Waals surface area contributed by atoms with Crippen LogP contribution < -0.4 is 5.32 Å². The Morgan fingerprint density at radius 3 is 2.71 bits per heavy atom. The molecule has 0 saturated heterocycles. The first-order valence-corrected chi connectivity index (χ1v) is 8.09. The van der Waals surface area contributed by atoms with Gasteiger partial charge in [0.2, 0.25) is 0 Å². The first kappa shape index (κ1) is 14.3. The molecule has 0 radical (unpaired) electrons. The Morgan fingerprint density at radius 1 is 1.19 bits per heavy atom. The first-order valence-electron chi connectivity index (χ1n) is 8.09. The average molecular weight is 280 g/mol. The molecule has 21 heavy (non-hydrogen) atoms. The van der Waals surface area contributed by atoms with Gasteiger partial charge in [0.25, 0.3) is 0 Å². The van der Waals surface area contributed by atoms with Crippen molar-refractivity contribution < 1.29 is 0 Å². The van der Waals surface area contributed by atoms with E-state index in [0.717, 1.165) is 18.9 Å². The number of hydrogen-bond acceptors (Lipinski definition) is 2. The molecular formula is C19H24N2. The normalized spacial score (nSPS) is 16.4. The predicted molar refractivity (Wildman–Crippen MR) is 87.4 cm³/mol. The molecule has 1 N–H and O–H groups in total. The minimum atomic E-state index is 0.385. The zero-order valence-electron chi connectivity index (χ0n) is 12.8. The van der Waals surface area contributed by atoms with E-state index >= 15 is 0 Å². The third-order valence-electron chi connectivity index (χ3n) is 4.53. The van der Waals surface area contributed by atoms with Crippen LogP contribution >= 0.6 is 0 Å². The molecule has 1 aliphatic carbocycles. The second kappa shape index (κ2) is 6.86. The number of likely N-dealkylation sites (N-methyl/N-ethyl adjacent to an activating group) is 1. The maximum absolute atomic E-state index is 4.25. The minimum absolute atomic E-state index is 0.385. The highest BCUT2D eigenvalue weighted by Crippen LogP contribution is 2.39. The van der Waals surface area contributed by atoms with Crippen molar-refractivity contribution in [1.29, 1.82) is 0 Å². The molecule has 1 heterocycles. The van der Waals surface area contributed by atoms with Crippen LogP contribution in [0.1, 0.15) is 54.8 Å². The Hall–Kier alpha value is -1.67. The third-order valence-corrected chi connectivity index (χ3v) is 4.53. The molecule has 1 atom stereocenters. The van der Waals surface area contributed by atoms with Gasteiger partial charge in [0.15, 0.2) is 0 Å². The Kier molecular flexibility index (Phi) is 4.66. The zero-order chi connectivity index (χ0) is 14.5. The number of nitrogens with zero attached hydrogens (tertiary/aromatic N) is 1. The van der Waals surface area contributed by atoms with Gasteiger partial charge >= 0.3 is 0 Å². The van der Waals surface area contributed by atoms with Crippen molar-refractivity contribution in [2.24, 2.45) is 0 Å². The topological polar surface area (TPSA) is 24.9 Å². The second-order valence-electron chi connectivity index (χ2n) is 5.93. The molecule has 2 heteroatoms. The quantitative estimate of drug-likeness (QED) is 0.856. The maximum atomic E-state index is 4.25. The van der Waals surface area contributed by atoms with Crippen LogP contribution in [0, 0.1) is 0 Å². The van der Waals surface area contributed by atoms with Gasteiger partial charge in [0.1, 0.15) is 0 Å². The Balaban J connectivity index is 1.86. The number of benzene rings is 1. The number of hydrogen-bond donors (Lipinski definition) is 1. The van der Waals surface area contributed by atoms with Crippen molar-refractivity contribution in [1.82, 2.24) is 10.3 Å². The highest BCUT2D eigenvalue weighted by molar-refractivity contribution is 5.35. The Bertz CT molecular complexity index is 561. The lowest BCUT2D eigenvalue weighted by Gasteiger charge is -2.31. The van der Waals surface area contributed by atoms with Crippen LogP contribution in [0.2, 0.25) is 0 Å². The summed E-state index contributed by atoms with van der Waals surface area (Å²) in [6.45, 7) is 3.17. The minimum Gasteiger partial charge on any atom is -0.310 e. The predicted octanol–water partition coefficient (Wildman–Crippen LogP) is 4.24. The van der Waals surface area contributed by atoms with Crippen LogP contribution in [0.15, 0.2) is 48.8 Å². The van der Waals surface area contributed by atoms with Crippen LogP contribution in [-0.4, -0.2) is 11.5 Å². The molecule has 1 saturated carbocycles. The molecule has 0 bridgehead atoms. The standard InChI is InChI=1S/C19H24N2/c1-2-21-19(13-15-7-6-12-20-14-15)18-11-4-3-10-17(18)16-8-5-9-16/h3-4,6-7,10-12,14,16,19,21H,2,5,8-9,13H2,1H3. The SMILES string of the molecule is CCNC(Cc1cccnc1)c1ccccc1C1CCC1. The number of aromatic nitrogens is 1. The van der Waals surface area contributed by atoms with E-state index in [4.69, 9.17) is 0 Å². The highest BCUT2D eigenvalue weighted by Gasteiger charge is 2.24. The summed E-state index contributed by atoms with van der Waals surface area (Å²) in [5.41, 5.74) is 4.33. The summed E-state index contributed by atoms with van der Waals surface area (Å²) >= 11 is 0. The van der Waals surface area contributed by atoms with Crippen LogP contribution in [0.25, 0.3) is 0 Å². The van der Waals surface area contributed by atoms with Crippen molar-refractivity contribution in [2.75, 3.05) is 6.54 Å². The van der Waals surface area contributed by atoms with Gasteiger partial charge in [-0.3, -0.25) is 4.98 Å². The van der Waals surface area contributed by atoms with Crippen LogP contribution in [0.4, 0.5) is 0 Å². The van der Waals surface area contributed by atoms with E-state index in [1.165, 1.54) is 30.4 Å². The molecule has 0 spiro atoms. The summed E-state index contributed by atoms with van der Waals surface area (Å²) in [6.07, 6.45) is 8.91. The molecule has 0 aliphatic heterocycles. The van der Waals surface area contributed by atoms with E-state index in [-0.39, 0.29) is 0 Å². The Morgan fingerprint density at radius 2 is 2.05 bits per heavy atom. The van der Waals surface area contributed by atoms with E-state index in [0.29, 0.717) is 6.04 Å². The lowest BCUT2D eigenvalue weighted by Crippen LogP contribution is -2.25. The molecule has 1 aliphatic rings. The molecule has 0 amide bonds. The molecular weight excluding hydrogens is 256 g/mol. The molecule has 1 unspecified atom stereocenters. The second-order valence-corrected chi connectivity index (χ2v) is 5.93. The molecule has 1 aromatic carbocycles. The molecule has 1 fully saturated rings. The van der Waals surface area contributed by atoms with Crippen molar-refractivity contribution >= 4 is 0 Å². The fourth-order valence-electron chi connectivity index (χ4n) is 3.21. The highest BCUT2D eigenvalue weighted by atomic mass is 14.9. The van der Waals surface area contributed by atoms with Gasteiger partial charge in [-0.25, -0.2) is 0 Å². The fourth-order valence-corrected chi connectivity index (χ4v) is 3.21. The van der Waals surface area contributed by atoms with E-state index in [2.05, 4.69) is 47.6 Å². The van der Waals surface area contributed by atoms with Crippen molar-refractivity contribution in [3.05, 3.63) is 65.5 Å². The lowest BCUT2D eigenvalue weighted by molar-refractivity contribution is 0.411. The molecule has 2 aromatic rings. The number of rotatable bonds is 6. The van der Waals surface area contributed by atoms with Crippen LogP contribution in [0.5, 0.6) is 0 Å². The van der Waals surface area contributed by atoms with E-state index in [9.17, 15) is 0 Å². The van der Waals surface area contributed by atoms with Crippen molar-refractivity contribution in [2.45, 2.75) is 44.6 Å². The van der Waals surface area contributed by atoms with Crippen molar-refractivity contribution in [3.63, 3.8) is 0 Å². The van der Waals surface area contributed by atoms with Crippen LogP contribution in [0.3, 0.4) is 0 Å². The summed E-state index contributed by atoms with van der Waals surface area (Å²) in [4.78, 5) is 4.25. The summed E-state index contributed by atoms with van der Waals surface area (Å²) in [7, 11) is 0. The van der Waals surface area contributed by atoms with E-state index in [1.807, 2.05) is 18.5 Å². The number of nitrogens with one attached hydrogen (secondary N) is 1. The smallest absolute Gasteiger partial charge is 0.0364 e. The van der Waals surface area contributed by atoms with E-state index < -0.39 is 0 Å². The van der Waals surface area contributed by atoms with Gasteiger partial charge in [-0.15, -0.1) is 0 Å². The van der Waals surface area contributed by atoms with Gasteiger partial charge in [0, 0.05) is 18.4 Å². The van der Waals surface area contributed by atoms with Gasteiger partial charge in [-0.1, -0.05) is 43.7 Å². The van der Waals surface area contributed by atoms with Gasteiger partial charge in [-0.05, 0) is 54.5 Å². The summed E-state index contributed by atoms with van der Waals surface area (Å²) in [6, 6.07) is 13.6. The average Bonchev–Trinajstić information content (AvgIpc) is 2.47. The fraction of sp³-hybridized carbons (Fsp3) is 0.421. The third kappa shape index (κ3) is 3.33. The van der Waals surface area contributed by atoms with Gasteiger partial charge < -0.3 is 5.32 Å². The summed E-state index contributed by atoms with van der Waals surface area (Å²) in [5.74, 6) is 0.774. The lowest BCUT2D eigenvalue weighted by atomic mass is 9.76. The molecule has 2 nitrogen and oxygen atoms in total. The maximum Gasteiger partial charge on any atom is 0.0364 e. The van der Waals surface area contributed by atoms with Crippen LogP contribution in [-0.2, 0) is 6.42 Å². The molecule has 110 valence electrons. The molecule has 1 aromatic heterocycles. The van der Waals surface area contributed by atoms with Crippen molar-refractivity contribution in [3.8, 4) is 0 Å². The zero-order valence-corrected chi connectivity index (χ0v) is 12.8. The summed E-state index contributed by atoms with van der Waals surface area (Å²) in [5, 5.41) is 3.66.